The maximum Gasteiger partial charge on any atom is 0.254 e. The standard InChI is InChI=1S/C12H21N3O2S2/c1-4-10-8-15(6-5-11(10)13-3)19(16,17)12-7-14-9(2)18-12/h7,10-11,13H,4-6,8H2,1-3H3. The summed E-state index contributed by atoms with van der Waals surface area (Å²) >= 11 is 1.25. The van der Waals surface area contributed by atoms with Gasteiger partial charge in [0.2, 0.25) is 0 Å². The predicted octanol–water partition coefficient (Wildman–Crippen LogP) is 1.46. The molecule has 0 saturated carbocycles. The molecular formula is C12H21N3O2S2. The summed E-state index contributed by atoms with van der Waals surface area (Å²) in [5.41, 5.74) is 0. The van der Waals surface area contributed by atoms with Crippen molar-refractivity contribution < 1.29 is 8.42 Å². The van der Waals surface area contributed by atoms with E-state index in [1.165, 1.54) is 17.5 Å². The van der Waals surface area contributed by atoms with E-state index in [2.05, 4.69) is 17.2 Å². The Morgan fingerprint density at radius 1 is 1.58 bits per heavy atom. The lowest BCUT2D eigenvalue weighted by Crippen LogP contribution is -2.49. The van der Waals surface area contributed by atoms with Crippen LogP contribution in [-0.4, -0.2) is 43.9 Å². The Bertz CT molecular complexity index is 527. The van der Waals surface area contributed by atoms with Crippen LogP contribution < -0.4 is 5.32 Å². The van der Waals surface area contributed by atoms with Crippen molar-refractivity contribution in [3.05, 3.63) is 11.2 Å². The second-order valence-electron chi connectivity index (χ2n) is 4.91. The molecule has 0 bridgehead atoms. The van der Waals surface area contributed by atoms with E-state index in [4.69, 9.17) is 0 Å². The fraction of sp³-hybridized carbons (Fsp3) is 0.750. The molecule has 0 radical (unpaired) electrons. The average Bonchev–Trinajstić information content (AvgIpc) is 2.85. The monoisotopic (exact) mass is 303 g/mol. The minimum absolute atomic E-state index is 0.364. The summed E-state index contributed by atoms with van der Waals surface area (Å²) in [7, 11) is -1.41. The Hall–Kier alpha value is -0.500. The van der Waals surface area contributed by atoms with E-state index >= 15 is 0 Å². The maximum atomic E-state index is 12.5. The largest absolute Gasteiger partial charge is 0.317 e. The van der Waals surface area contributed by atoms with Gasteiger partial charge in [-0.2, -0.15) is 4.31 Å². The van der Waals surface area contributed by atoms with Crippen molar-refractivity contribution in [2.75, 3.05) is 20.1 Å². The number of aryl methyl sites for hydroxylation is 1. The molecule has 1 fully saturated rings. The van der Waals surface area contributed by atoms with Crippen LogP contribution in [-0.2, 0) is 10.0 Å². The molecule has 1 N–H and O–H groups in total. The first-order chi connectivity index (χ1) is 8.98. The third-order valence-corrected chi connectivity index (χ3v) is 7.00. The van der Waals surface area contributed by atoms with Crippen LogP contribution in [0.3, 0.4) is 0 Å². The summed E-state index contributed by atoms with van der Waals surface area (Å²) in [6.07, 6.45) is 3.33. The van der Waals surface area contributed by atoms with Gasteiger partial charge >= 0.3 is 0 Å². The van der Waals surface area contributed by atoms with Crippen molar-refractivity contribution in [1.29, 1.82) is 0 Å². The quantitative estimate of drug-likeness (QED) is 0.915. The molecule has 5 nitrogen and oxygen atoms in total. The Balaban J connectivity index is 2.18. The summed E-state index contributed by atoms with van der Waals surface area (Å²) in [5, 5.41) is 4.08. The zero-order chi connectivity index (χ0) is 14.0. The highest BCUT2D eigenvalue weighted by Gasteiger charge is 2.34. The molecule has 2 rings (SSSR count). The first kappa shape index (κ1) is 14.9. The van der Waals surface area contributed by atoms with E-state index in [1.54, 1.807) is 4.31 Å². The zero-order valence-electron chi connectivity index (χ0n) is 11.6. The van der Waals surface area contributed by atoms with Gasteiger partial charge in [-0.1, -0.05) is 13.3 Å². The number of piperidine rings is 1. The van der Waals surface area contributed by atoms with Gasteiger partial charge in [0.15, 0.2) is 4.21 Å². The van der Waals surface area contributed by atoms with Gasteiger partial charge in [0.25, 0.3) is 10.0 Å². The molecule has 2 unspecified atom stereocenters. The maximum absolute atomic E-state index is 12.5. The summed E-state index contributed by atoms with van der Waals surface area (Å²) in [6, 6.07) is 0.416. The highest BCUT2D eigenvalue weighted by atomic mass is 32.2. The summed E-state index contributed by atoms with van der Waals surface area (Å²) in [5.74, 6) is 0.377. The molecule has 0 aromatic carbocycles. The molecule has 0 amide bonds. The van der Waals surface area contributed by atoms with Crippen LogP contribution in [0.4, 0.5) is 0 Å². The molecule has 7 heteroatoms. The van der Waals surface area contributed by atoms with E-state index in [1.807, 2.05) is 14.0 Å². The van der Waals surface area contributed by atoms with E-state index < -0.39 is 10.0 Å². The van der Waals surface area contributed by atoms with E-state index in [0.29, 0.717) is 29.3 Å². The Morgan fingerprint density at radius 2 is 2.32 bits per heavy atom. The van der Waals surface area contributed by atoms with Gasteiger partial charge < -0.3 is 5.32 Å². The average molecular weight is 303 g/mol. The number of hydrogen-bond acceptors (Lipinski definition) is 5. The normalized spacial score (nSPS) is 25.6. The van der Waals surface area contributed by atoms with Gasteiger partial charge in [-0.25, -0.2) is 13.4 Å². The topological polar surface area (TPSA) is 62.3 Å². The lowest BCUT2D eigenvalue weighted by Gasteiger charge is -2.37. The number of hydrogen-bond donors (Lipinski definition) is 1. The molecule has 0 spiro atoms. The van der Waals surface area contributed by atoms with Gasteiger partial charge in [0.1, 0.15) is 0 Å². The number of nitrogens with zero attached hydrogens (tertiary/aromatic N) is 2. The molecule has 1 saturated heterocycles. The summed E-state index contributed by atoms with van der Waals surface area (Å²) in [4.78, 5) is 4.05. The van der Waals surface area contributed by atoms with Crippen LogP contribution in [0.25, 0.3) is 0 Å². The van der Waals surface area contributed by atoms with Gasteiger partial charge in [-0.15, -0.1) is 11.3 Å². The van der Waals surface area contributed by atoms with Gasteiger partial charge in [0.05, 0.1) is 11.2 Å². The van der Waals surface area contributed by atoms with Gasteiger partial charge in [-0.05, 0) is 26.3 Å². The molecule has 1 aliphatic heterocycles. The molecule has 2 atom stereocenters. The SMILES string of the molecule is CCC1CN(S(=O)(=O)c2cnc(C)s2)CCC1NC. The smallest absolute Gasteiger partial charge is 0.254 e. The van der Waals surface area contributed by atoms with Crippen molar-refractivity contribution in [2.45, 2.75) is 36.9 Å². The highest BCUT2D eigenvalue weighted by Crippen LogP contribution is 2.28. The number of thiazole rings is 1. The third kappa shape index (κ3) is 2.99. The van der Waals surface area contributed by atoms with Crippen LogP contribution in [0, 0.1) is 12.8 Å². The van der Waals surface area contributed by atoms with E-state index in [-0.39, 0.29) is 0 Å². The molecule has 0 aliphatic carbocycles. The predicted molar refractivity (Wildman–Crippen MR) is 76.9 cm³/mol. The molecule has 1 aliphatic rings. The van der Waals surface area contributed by atoms with Gasteiger partial charge in [-0.3, -0.25) is 0 Å². The van der Waals surface area contributed by atoms with E-state index in [0.717, 1.165) is 17.8 Å². The van der Waals surface area contributed by atoms with Crippen molar-refractivity contribution in [1.82, 2.24) is 14.6 Å². The van der Waals surface area contributed by atoms with Crippen molar-refractivity contribution in [3.8, 4) is 0 Å². The lowest BCUT2D eigenvalue weighted by atomic mass is 9.91. The van der Waals surface area contributed by atoms with Crippen LogP contribution in [0.15, 0.2) is 10.4 Å². The molecule has 2 heterocycles. The molecule has 19 heavy (non-hydrogen) atoms. The zero-order valence-corrected chi connectivity index (χ0v) is 13.2. The third-order valence-electron chi connectivity index (χ3n) is 3.79. The lowest BCUT2D eigenvalue weighted by molar-refractivity contribution is 0.209. The van der Waals surface area contributed by atoms with Crippen LogP contribution in [0.1, 0.15) is 24.8 Å². The summed E-state index contributed by atoms with van der Waals surface area (Å²) in [6.45, 7) is 5.12. The van der Waals surface area contributed by atoms with Crippen molar-refractivity contribution in [2.24, 2.45) is 5.92 Å². The number of aromatic nitrogens is 1. The minimum Gasteiger partial charge on any atom is -0.317 e. The molecule has 1 aromatic heterocycles. The second-order valence-corrected chi connectivity index (χ2v) is 8.31. The highest BCUT2D eigenvalue weighted by molar-refractivity contribution is 7.91. The van der Waals surface area contributed by atoms with Gasteiger partial charge in [0, 0.05) is 19.1 Å². The fourth-order valence-corrected chi connectivity index (χ4v) is 5.37. The molecule has 1 aromatic rings. The second kappa shape index (κ2) is 5.87. The van der Waals surface area contributed by atoms with Crippen LogP contribution in [0.2, 0.25) is 0 Å². The number of sulfonamides is 1. The van der Waals surface area contributed by atoms with Crippen molar-refractivity contribution in [3.63, 3.8) is 0 Å². The summed E-state index contributed by atoms with van der Waals surface area (Å²) < 4.78 is 27.0. The number of rotatable bonds is 4. The van der Waals surface area contributed by atoms with Crippen molar-refractivity contribution >= 4 is 21.4 Å². The first-order valence-corrected chi connectivity index (χ1v) is 8.84. The van der Waals surface area contributed by atoms with Crippen LogP contribution in [0.5, 0.6) is 0 Å². The van der Waals surface area contributed by atoms with E-state index in [9.17, 15) is 8.42 Å². The molecular weight excluding hydrogens is 282 g/mol. The minimum atomic E-state index is -3.35. The fourth-order valence-electron chi connectivity index (χ4n) is 2.60. The Labute approximate surface area is 119 Å². The first-order valence-electron chi connectivity index (χ1n) is 6.59. The molecule has 108 valence electrons. The van der Waals surface area contributed by atoms with Crippen LogP contribution >= 0.6 is 11.3 Å². The Kier molecular flexibility index (Phi) is 4.60. The Morgan fingerprint density at radius 3 is 2.84 bits per heavy atom. The number of nitrogens with one attached hydrogen (secondary N) is 1.